The summed E-state index contributed by atoms with van der Waals surface area (Å²) in [5.41, 5.74) is 6.46. The molecule has 1 aromatic rings. The fourth-order valence-electron chi connectivity index (χ4n) is 1.73. The first kappa shape index (κ1) is 15.5. The summed E-state index contributed by atoms with van der Waals surface area (Å²) >= 11 is 0. The number of nitrogens with one attached hydrogen (secondary N) is 1. The van der Waals surface area contributed by atoms with Crippen molar-refractivity contribution in [2.24, 2.45) is 5.73 Å². The van der Waals surface area contributed by atoms with Crippen LogP contribution < -0.4 is 15.8 Å². The normalized spacial score (nSPS) is 11.2. The summed E-state index contributed by atoms with van der Waals surface area (Å²) in [5.74, 6) is 0.675. The Morgan fingerprint density at radius 1 is 1.21 bits per heavy atom. The second-order valence-electron chi connectivity index (χ2n) is 4.71. The molecule has 0 atom stereocenters. The van der Waals surface area contributed by atoms with Gasteiger partial charge in [-0.05, 0) is 44.0 Å². The summed E-state index contributed by atoms with van der Waals surface area (Å²) in [6.45, 7) is 7.11. The lowest BCUT2D eigenvalue weighted by atomic mass is 9.94. The number of benzene rings is 1. The van der Waals surface area contributed by atoms with Gasteiger partial charge in [0.2, 0.25) is 0 Å². The summed E-state index contributed by atoms with van der Waals surface area (Å²) < 4.78 is 5.34. The minimum Gasteiger partial charge on any atom is -0.494 e. The number of amides is 1. The molecule has 0 saturated carbocycles. The van der Waals surface area contributed by atoms with E-state index in [1.165, 1.54) is 0 Å². The molecular weight excluding hydrogens is 240 g/mol. The Morgan fingerprint density at radius 2 is 1.79 bits per heavy atom. The lowest BCUT2D eigenvalue weighted by Crippen LogP contribution is -2.49. The summed E-state index contributed by atoms with van der Waals surface area (Å²) in [5, 5.41) is 2.89. The molecular formula is C15H24N2O2. The molecule has 1 aromatic carbocycles. The predicted octanol–water partition coefficient (Wildman–Crippen LogP) is 2.33. The van der Waals surface area contributed by atoms with Gasteiger partial charge in [-0.25, -0.2) is 0 Å². The Morgan fingerprint density at radius 3 is 2.26 bits per heavy atom. The molecule has 106 valence electrons. The van der Waals surface area contributed by atoms with Crippen LogP contribution in [0.4, 0.5) is 0 Å². The van der Waals surface area contributed by atoms with Gasteiger partial charge < -0.3 is 15.8 Å². The van der Waals surface area contributed by atoms with Crippen molar-refractivity contribution in [3.63, 3.8) is 0 Å². The van der Waals surface area contributed by atoms with Crippen LogP contribution >= 0.6 is 0 Å². The van der Waals surface area contributed by atoms with Gasteiger partial charge in [0, 0.05) is 17.6 Å². The maximum absolute atomic E-state index is 12.0. The Bertz CT molecular complexity index is 397. The quantitative estimate of drug-likeness (QED) is 0.794. The van der Waals surface area contributed by atoms with Gasteiger partial charge >= 0.3 is 0 Å². The number of carbonyl (C=O) groups excluding carboxylic acids is 1. The van der Waals surface area contributed by atoms with Gasteiger partial charge in [-0.15, -0.1) is 0 Å². The average Bonchev–Trinajstić information content (AvgIpc) is 2.45. The van der Waals surface area contributed by atoms with Crippen LogP contribution in [0.3, 0.4) is 0 Å². The third kappa shape index (κ3) is 4.56. The van der Waals surface area contributed by atoms with E-state index in [1.807, 2.05) is 20.8 Å². The molecule has 0 aromatic heterocycles. The maximum atomic E-state index is 12.0. The molecule has 0 unspecified atom stereocenters. The smallest absolute Gasteiger partial charge is 0.251 e. The fourth-order valence-corrected chi connectivity index (χ4v) is 1.73. The number of nitrogens with two attached hydrogens (primary N) is 1. The minimum atomic E-state index is -0.319. The van der Waals surface area contributed by atoms with E-state index < -0.39 is 0 Å². The predicted molar refractivity (Wildman–Crippen MR) is 77.4 cm³/mol. The zero-order chi connectivity index (χ0) is 14.3. The van der Waals surface area contributed by atoms with Crippen LogP contribution in [0.1, 0.15) is 44.0 Å². The molecule has 0 aliphatic rings. The number of hydrogen-bond donors (Lipinski definition) is 2. The first-order valence-corrected chi connectivity index (χ1v) is 6.84. The standard InChI is InChI=1S/C15H24N2O2/c1-4-15(16,5-2)11-17-14(18)12-7-9-13(10-8-12)19-6-3/h7-10H,4-6,11,16H2,1-3H3,(H,17,18). The monoisotopic (exact) mass is 264 g/mol. The number of hydrogen-bond acceptors (Lipinski definition) is 3. The van der Waals surface area contributed by atoms with Gasteiger partial charge in [0.15, 0.2) is 0 Å². The van der Waals surface area contributed by atoms with E-state index in [4.69, 9.17) is 10.5 Å². The molecule has 0 bridgehead atoms. The highest BCUT2D eigenvalue weighted by atomic mass is 16.5. The van der Waals surface area contributed by atoms with E-state index in [9.17, 15) is 4.79 Å². The van der Waals surface area contributed by atoms with Crippen molar-refractivity contribution in [2.75, 3.05) is 13.2 Å². The molecule has 3 N–H and O–H groups in total. The topological polar surface area (TPSA) is 64.3 Å². The first-order valence-electron chi connectivity index (χ1n) is 6.84. The molecule has 1 amide bonds. The van der Waals surface area contributed by atoms with Crippen LogP contribution in [0.15, 0.2) is 24.3 Å². The van der Waals surface area contributed by atoms with E-state index in [0.717, 1.165) is 18.6 Å². The SMILES string of the molecule is CCOc1ccc(C(=O)NCC(N)(CC)CC)cc1. The zero-order valence-corrected chi connectivity index (χ0v) is 12.0. The molecule has 19 heavy (non-hydrogen) atoms. The number of carbonyl (C=O) groups is 1. The number of rotatable bonds is 7. The van der Waals surface area contributed by atoms with Crippen molar-refractivity contribution in [3.8, 4) is 5.75 Å². The molecule has 0 heterocycles. The van der Waals surface area contributed by atoms with Crippen molar-refractivity contribution >= 4 is 5.91 Å². The van der Waals surface area contributed by atoms with E-state index in [2.05, 4.69) is 5.32 Å². The van der Waals surface area contributed by atoms with Gasteiger partial charge in [-0.3, -0.25) is 4.79 Å². The third-order valence-corrected chi connectivity index (χ3v) is 3.44. The summed E-state index contributed by atoms with van der Waals surface area (Å²) in [6.07, 6.45) is 1.68. The summed E-state index contributed by atoms with van der Waals surface area (Å²) in [7, 11) is 0. The minimum absolute atomic E-state index is 0.0974. The second kappa shape index (κ2) is 7.14. The van der Waals surface area contributed by atoms with Crippen molar-refractivity contribution < 1.29 is 9.53 Å². The Hall–Kier alpha value is -1.55. The molecule has 0 spiro atoms. The van der Waals surface area contributed by atoms with Crippen molar-refractivity contribution in [1.82, 2.24) is 5.32 Å². The van der Waals surface area contributed by atoms with Crippen molar-refractivity contribution in [1.29, 1.82) is 0 Å². The van der Waals surface area contributed by atoms with Gasteiger partial charge in [0.1, 0.15) is 5.75 Å². The van der Waals surface area contributed by atoms with E-state index in [-0.39, 0.29) is 11.4 Å². The van der Waals surface area contributed by atoms with E-state index in [1.54, 1.807) is 24.3 Å². The number of ether oxygens (including phenoxy) is 1. The molecule has 0 fully saturated rings. The lowest BCUT2D eigenvalue weighted by molar-refractivity contribution is 0.0942. The van der Waals surface area contributed by atoms with Crippen molar-refractivity contribution in [3.05, 3.63) is 29.8 Å². The van der Waals surface area contributed by atoms with Gasteiger partial charge in [0.05, 0.1) is 6.61 Å². The molecule has 4 heteroatoms. The van der Waals surface area contributed by atoms with Crippen LogP contribution in [0.25, 0.3) is 0 Å². The van der Waals surface area contributed by atoms with Gasteiger partial charge in [-0.1, -0.05) is 13.8 Å². The Labute approximate surface area is 115 Å². The van der Waals surface area contributed by atoms with Crippen molar-refractivity contribution in [2.45, 2.75) is 39.2 Å². The fraction of sp³-hybridized carbons (Fsp3) is 0.533. The summed E-state index contributed by atoms with van der Waals surface area (Å²) in [6, 6.07) is 7.12. The summed E-state index contributed by atoms with van der Waals surface area (Å²) in [4.78, 5) is 12.0. The highest BCUT2D eigenvalue weighted by Crippen LogP contribution is 2.13. The van der Waals surface area contributed by atoms with Crippen LogP contribution in [0.2, 0.25) is 0 Å². The third-order valence-electron chi connectivity index (χ3n) is 3.44. The average molecular weight is 264 g/mol. The van der Waals surface area contributed by atoms with Gasteiger partial charge in [-0.2, -0.15) is 0 Å². The largest absolute Gasteiger partial charge is 0.494 e. The zero-order valence-electron chi connectivity index (χ0n) is 12.0. The molecule has 0 aliphatic carbocycles. The first-order chi connectivity index (χ1) is 9.04. The molecule has 0 radical (unpaired) electrons. The highest BCUT2D eigenvalue weighted by molar-refractivity contribution is 5.94. The molecule has 4 nitrogen and oxygen atoms in total. The van der Waals surface area contributed by atoms with E-state index >= 15 is 0 Å². The van der Waals surface area contributed by atoms with Gasteiger partial charge in [0.25, 0.3) is 5.91 Å². The molecule has 0 saturated heterocycles. The lowest BCUT2D eigenvalue weighted by Gasteiger charge is -2.26. The maximum Gasteiger partial charge on any atom is 0.251 e. The second-order valence-corrected chi connectivity index (χ2v) is 4.71. The Kier molecular flexibility index (Phi) is 5.83. The highest BCUT2D eigenvalue weighted by Gasteiger charge is 2.21. The molecule has 0 aliphatic heterocycles. The molecule has 1 rings (SSSR count). The van der Waals surface area contributed by atoms with Crippen LogP contribution in [0.5, 0.6) is 5.75 Å². The van der Waals surface area contributed by atoms with Crippen LogP contribution in [0, 0.1) is 0 Å². The van der Waals surface area contributed by atoms with Crippen LogP contribution in [-0.2, 0) is 0 Å². The van der Waals surface area contributed by atoms with E-state index in [0.29, 0.717) is 18.7 Å². The van der Waals surface area contributed by atoms with Crippen LogP contribution in [-0.4, -0.2) is 24.6 Å². The Balaban J connectivity index is 2.58.